The Morgan fingerprint density at radius 2 is 1.64 bits per heavy atom. The molecule has 1 amide bonds. The molecular formula is C20H13Cl2FN4O. The lowest BCUT2D eigenvalue weighted by atomic mass is 10.1. The van der Waals surface area contributed by atoms with Gasteiger partial charge < -0.3 is 5.32 Å². The molecule has 0 atom stereocenters. The van der Waals surface area contributed by atoms with E-state index in [-0.39, 0.29) is 11.7 Å². The van der Waals surface area contributed by atoms with Gasteiger partial charge in [-0.15, -0.1) is 10.2 Å². The quantitative estimate of drug-likeness (QED) is 0.486. The number of hydrogen-bond donors (Lipinski definition) is 1. The molecule has 3 aromatic carbocycles. The van der Waals surface area contributed by atoms with E-state index in [0.29, 0.717) is 38.0 Å². The third-order valence-corrected chi connectivity index (χ3v) is 4.95. The molecule has 0 unspecified atom stereocenters. The number of amides is 1. The van der Waals surface area contributed by atoms with Crippen molar-refractivity contribution in [1.82, 2.24) is 15.0 Å². The maximum atomic E-state index is 13.1. The number of halogens is 3. The molecule has 0 saturated heterocycles. The second-order valence-electron chi connectivity index (χ2n) is 6.20. The predicted molar refractivity (Wildman–Crippen MR) is 108 cm³/mol. The van der Waals surface area contributed by atoms with Crippen LogP contribution in [0.5, 0.6) is 0 Å². The van der Waals surface area contributed by atoms with E-state index >= 15 is 0 Å². The Morgan fingerprint density at radius 1 is 0.964 bits per heavy atom. The molecule has 1 N–H and O–H groups in total. The van der Waals surface area contributed by atoms with Gasteiger partial charge in [0.05, 0.1) is 15.7 Å². The Bertz CT molecular complexity index is 1210. The molecule has 5 nitrogen and oxygen atoms in total. The minimum absolute atomic E-state index is 0.309. The molecule has 0 radical (unpaired) electrons. The van der Waals surface area contributed by atoms with E-state index in [1.807, 2.05) is 13.0 Å². The van der Waals surface area contributed by atoms with Crippen LogP contribution in [0.1, 0.15) is 15.9 Å². The van der Waals surface area contributed by atoms with Gasteiger partial charge in [-0.25, -0.2) is 4.39 Å². The van der Waals surface area contributed by atoms with E-state index < -0.39 is 0 Å². The molecule has 4 rings (SSSR count). The topological polar surface area (TPSA) is 59.8 Å². The fourth-order valence-corrected chi connectivity index (χ4v) is 3.02. The lowest BCUT2D eigenvalue weighted by molar-refractivity contribution is 0.102. The van der Waals surface area contributed by atoms with E-state index in [2.05, 4.69) is 15.5 Å². The highest BCUT2D eigenvalue weighted by atomic mass is 35.5. The summed E-state index contributed by atoms with van der Waals surface area (Å²) >= 11 is 11.9. The number of hydrogen-bond acceptors (Lipinski definition) is 3. The maximum absolute atomic E-state index is 13.1. The number of aromatic nitrogens is 3. The fraction of sp³-hybridized carbons (Fsp3) is 0.0500. The van der Waals surface area contributed by atoms with Crippen LogP contribution in [0.3, 0.4) is 0 Å². The summed E-state index contributed by atoms with van der Waals surface area (Å²) in [7, 11) is 0. The Labute approximate surface area is 169 Å². The summed E-state index contributed by atoms with van der Waals surface area (Å²) in [4.78, 5) is 14.0. The third kappa shape index (κ3) is 3.56. The summed E-state index contributed by atoms with van der Waals surface area (Å²) in [5, 5.41) is 12.4. The molecule has 1 heterocycles. The summed E-state index contributed by atoms with van der Waals surface area (Å²) < 4.78 is 13.1. The van der Waals surface area contributed by atoms with Crippen LogP contribution in [0, 0.1) is 12.7 Å². The number of nitrogens with zero attached hydrogens (tertiary/aromatic N) is 3. The first kappa shape index (κ1) is 18.4. The van der Waals surface area contributed by atoms with Gasteiger partial charge >= 0.3 is 0 Å². The van der Waals surface area contributed by atoms with E-state index in [0.717, 1.165) is 5.56 Å². The summed E-state index contributed by atoms with van der Waals surface area (Å²) in [5.41, 5.74) is 3.72. The maximum Gasteiger partial charge on any atom is 0.255 e. The van der Waals surface area contributed by atoms with Gasteiger partial charge in [0.25, 0.3) is 5.91 Å². The zero-order valence-corrected chi connectivity index (χ0v) is 16.1. The van der Waals surface area contributed by atoms with Crippen molar-refractivity contribution in [2.24, 2.45) is 0 Å². The number of fused-ring (bicyclic) bond motifs is 1. The molecule has 28 heavy (non-hydrogen) atoms. The van der Waals surface area contributed by atoms with Crippen LogP contribution in [0.2, 0.25) is 10.0 Å². The van der Waals surface area contributed by atoms with E-state index in [9.17, 15) is 9.18 Å². The number of aryl methyl sites for hydroxylation is 1. The van der Waals surface area contributed by atoms with Crippen molar-refractivity contribution >= 4 is 45.8 Å². The number of carbonyl (C=O) groups is 1. The molecule has 8 heteroatoms. The molecule has 0 saturated carbocycles. The average molecular weight is 415 g/mol. The van der Waals surface area contributed by atoms with Crippen molar-refractivity contribution in [3.05, 3.63) is 81.6 Å². The summed E-state index contributed by atoms with van der Waals surface area (Å²) in [6.07, 6.45) is 0. The summed E-state index contributed by atoms with van der Waals surface area (Å²) in [6, 6.07) is 14.1. The average Bonchev–Trinajstić information content (AvgIpc) is 3.07. The van der Waals surface area contributed by atoms with Crippen LogP contribution in [-0.2, 0) is 0 Å². The Morgan fingerprint density at radius 3 is 2.32 bits per heavy atom. The van der Waals surface area contributed by atoms with Crippen molar-refractivity contribution in [3.8, 4) is 5.69 Å². The third-order valence-electron chi connectivity index (χ3n) is 4.21. The monoisotopic (exact) mass is 414 g/mol. The van der Waals surface area contributed by atoms with Crippen molar-refractivity contribution in [3.63, 3.8) is 0 Å². The highest BCUT2D eigenvalue weighted by Gasteiger charge is 2.13. The number of anilines is 1. The molecule has 0 aliphatic rings. The zero-order valence-electron chi connectivity index (χ0n) is 14.6. The molecule has 0 spiro atoms. The van der Waals surface area contributed by atoms with Gasteiger partial charge in [-0.05, 0) is 67.1 Å². The smallest absolute Gasteiger partial charge is 0.255 e. The molecule has 4 aromatic rings. The molecule has 0 aliphatic heterocycles. The van der Waals surface area contributed by atoms with Gasteiger partial charge in [0, 0.05) is 11.3 Å². The number of rotatable bonds is 3. The lowest BCUT2D eigenvalue weighted by Gasteiger charge is -2.08. The van der Waals surface area contributed by atoms with Crippen LogP contribution in [0.25, 0.3) is 16.7 Å². The molecule has 0 aliphatic carbocycles. The Kier molecular flexibility index (Phi) is 4.75. The standard InChI is InChI=1S/C20H13Cl2FN4O/c1-11-8-18-19(26-27(25-18)14-5-3-13(23)4-6-14)10-17(11)24-20(28)12-2-7-15(21)16(22)9-12/h2-10H,1H3,(H,24,28). The highest BCUT2D eigenvalue weighted by molar-refractivity contribution is 6.42. The van der Waals surface area contributed by atoms with Crippen molar-refractivity contribution in [2.45, 2.75) is 6.92 Å². The van der Waals surface area contributed by atoms with Gasteiger partial charge in [-0.1, -0.05) is 23.2 Å². The second-order valence-corrected chi connectivity index (χ2v) is 7.02. The highest BCUT2D eigenvalue weighted by Crippen LogP contribution is 2.25. The first-order valence-electron chi connectivity index (χ1n) is 8.31. The summed E-state index contributed by atoms with van der Waals surface area (Å²) in [5.74, 6) is -0.643. The number of nitrogens with one attached hydrogen (secondary N) is 1. The van der Waals surface area contributed by atoms with Gasteiger partial charge in [-0.3, -0.25) is 4.79 Å². The summed E-state index contributed by atoms with van der Waals surface area (Å²) in [6.45, 7) is 1.86. The van der Waals surface area contributed by atoms with Gasteiger partial charge in [0.15, 0.2) is 0 Å². The largest absolute Gasteiger partial charge is 0.322 e. The second kappa shape index (κ2) is 7.22. The van der Waals surface area contributed by atoms with E-state index in [1.165, 1.54) is 23.0 Å². The first-order chi connectivity index (χ1) is 13.4. The minimum Gasteiger partial charge on any atom is -0.322 e. The molecule has 0 fully saturated rings. The molecular weight excluding hydrogens is 402 g/mol. The SMILES string of the molecule is Cc1cc2nn(-c3ccc(F)cc3)nc2cc1NC(=O)c1ccc(Cl)c(Cl)c1. The van der Waals surface area contributed by atoms with Crippen LogP contribution in [0.15, 0.2) is 54.6 Å². The Hall–Kier alpha value is -2.96. The van der Waals surface area contributed by atoms with Crippen molar-refractivity contribution < 1.29 is 9.18 Å². The van der Waals surface area contributed by atoms with Gasteiger partial charge in [0.1, 0.15) is 16.9 Å². The fourth-order valence-electron chi connectivity index (χ4n) is 2.72. The van der Waals surface area contributed by atoms with Crippen molar-refractivity contribution in [1.29, 1.82) is 0 Å². The normalized spacial score (nSPS) is 11.0. The minimum atomic E-state index is -0.330. The van der Waals surface area contributed by atoms with E-state index in [1.54, 1.807) is 30.3 Å². The predicted octanol–water partition coefficient (Wildman–Crippen LogP) is 5.43. The zero-order chi connectivity index (χ0) is 19.8. The molecule has 1 aromatic heterocycles. The van der Waals surface area contributed by atoms with Crippen molar-refractivity contribution in [2.75, 3.05) is 5.32 Å². The van der Waals surface area contributed by atoms with Crippen LogP contribution in [-0.4, -0.2) is 20.9 Å². The van der Waals surface area contributed by atoms with Crippen LogP contribution < -0.4 is 5.32 Å². The van der Waals surface area contributed by atoms with Gasteiger partial charge in [0.2, 0.25) is 0 Å². The van der Waals surface area contributed by atoms with Crippen LogP contribution in [0.4, 0.5) is 10.1 Å². The van der Waals surface area contributed by atoms with E-state index in [4.69, 9.17) is 23.2 Å². The lowest BCUT2D eigenvalue weighted by Crippen LogP contribution is -2.12. The van der Waals surface area contributed by atoms with Gasteiger partial charge in [-0.2, -0.15) is 4.80 Å². The molecule has 0 bridgehead atoms. The number of carbonyl (C=O) groups excluding carboxylic acids is 1. The number of benzene rings is 3. The molecule has 140 valence electrons. The van der Waals surface area contributed by atoms with Crippen LogP contribution >= 0.6 is 23.2 Å². The first-order valence-corrected chi connectivity index (χ1v) is 9.06. The Balaban J connectivity index is 1.65.